The van der Waals surface area contributed by atoms with Gasteiger partial charge < -0.3 is 5.11 Å². The van der Waals surface area contributed by atoms with E-state index in [9.17, 15) is 4.79 Å². The zero-order valence-electron chi connectivity index (χ0n) is 5.89. The number of hydrogen-bond acceptors (Lipinski definition) is 4. The summed E-state index contributed by atoms with van der Waals surface area (Å²) in [6.45, 7) is 0. The molecule has 2 rings (SSSR count). The molecule has 0 saturated carbocycles. The Morgan fingerprint density at radius 2 is 2.42 bits per heavy atom. The first-order valence-electron chi connectivity index (χ1n) is 3.21. The fourth-order valence-electron chi connectivity index (χ4n) is 0.871. The van der Waals surface area contributed by atoms with Gasteiger partial charge in [0.05, 0.1) is 10.2 Å². The van der Waals surface area contributed by atoms with Gasteiger partial charge in [0.25, 0.3) is 0 Å². The maximum absolute atomic E-state index is 10.5. The molecule has 0 bridgehead atoms. The van der Waals surface area contributed by atoms with Crippen molar-refractivity contribution in [3.63, 3.8) is 0 Å². The zero-order chi connectivity index (χ0) is 8.55. The second-order valence-electron chi connectivity index (χ2n) is 2.17. The molecule has 5 heteroatoms. The van der Waals surface area contributed by atoms with Gasteiger partial charge in [-0.05, 0) is 6.07 Å². The molecule has 0 fully saturated rings. The number of thiazole rings is 1. The van der Waals surface area contributed by atoms with Crippen LogP contribution in [0.1, 0.15) is 9.80 Å². The third kappa shape index (κ3) is 1.04. The largest absolute Gasteiger partial charge is 0.476 e. The summed E-state index contributed by atoms with van der Waals surface area (Å²) in [7, 11) is 0. The summed E-state index contributed by atoms with van der Waals surface area (Å²) in [5, 5.41) is 8.72. The van der Waals surface area contributed by atoms with Crippen molar-refractivity contribution in [2.45, 2.75) is 0 Å². The van der Waals surface area contributed by atoms with Crippen molar-refractivity contribution in [2.24, 2.45) is 0 Å². The first-order valence-corrected chi connectivity index (χ1v) is 4.03. The number of hydrogen-bond donors (Lipinski definition) is 1. The van der Waals surface area contributed by atoms with Gasteiger partial charge >= 0.3 is 5.97 Å². The summed E-state index contributed by atoms with van der Waals surface area (Å²) in [6.07, 6.45) is 3.20. The standard InChI is InChI=1S/C7H4N2O2S/c10-7(11)6-9-4-1-2-8-3-5(4)12-6/h1-3H,(H,10,11). The quantitative estimate of drug-likeness (QED) is 0.720. The minimum Gasteiger partial charge on any atom is -0.476 e. The van der Waals surface area contributed by atoms with E-state index in [-0.39, 0.29) is 5.01 Å². The van der Waals surface area contributed by atoms with Crippen LogP contribution in [0, 0.1) is 0 Å². The van der Waals surface area contributed by atoms with Gasteiger partial charge in [-0.1, -0.05) is 0 Å². The number of carboxylic acids is 1. The Balaban J connectivity index is 2.70. The molecule has 0 amide bonds. The molecule has 0 aliphatic carbocycles. The smallest absolute Gasteiger partial charge is 0.365 e. The zero-order valence-corrected chi connectivity index (χ0v) is 6.71. The summed E-state index contributed by atoms with van der Waals surface area (Å²) >= 11 is 1.13. The van der Waals surface area contributed by atoms with Crippen LogP contribution < -0.4 is 0 Å². The van der Waals surface area contributed by atoms with E-state index in [1.54, 1.807) is 18.5 Å². The number of aromatic carboxylic acids is 1. The Labute approximate surface area is 71.5 Å². The Hall–Kier alpha value is -1.49. The van der Waals surface area contributed by atoms with Gasteiger partial charge in [-0.25, -0.2) is 9.78 Å². The fraction of sp³-hybridized carbons (Fsp3) is 0. The van der Waals surface area contributed by atoms with Crippen molar-refractivity contribution in [1.82, 2.24) is 9.97 Å². The van der Waals surface area contributed by atoms with Crippen molar-refractivity contribution >= 4 is 27.5 Å². The lowest BCUT2D eigenvalue weighted by Crippen LogP contribution is -1.93. The molecule has 0 atom stereocenters. The average molecular weight is 180 g/mol. The first-order chi connectivity index (χ1) is 5.77. The molecule has 2 aromatic heterocycles. The van der Waals surface area contributed by atoms with Crippen LogP contribution in [0.5, 0.6) is 0 Å². The third-order valence-electron chi connectivity index (χ3n) is 1.37. The summed E-state index contributed by atoms with van der Waals surface area (Å²) in [5.74, 6) is -0.990. The van der Waals surface area contributed by atoms with Gasteiger partial charge in [-0.3, -0.25) is 4.98 Å². The van der Waals surface area contributed by atoms with Crippen LogP contribution in [-0.2, 0) is 0 Å². The lowest BCUT2D eigenvalue weighted by atomic mass is 10.4. The Bertz CT molecular complexity index is 405. The number of aromatic nitrogens is 2. The van der Waals surface area contributed by atoms with E-state index in [0.717, 1.165) is 16.0 Å². The Morgan fingerprint density at radius 3 is 3.08 bits per heavy atom. The molecular weight excluding hydrogens is 176 g/mol. The van der Waals surface area contributed by atoms with E-state index < -0.39 is 5.97 Å². The number of nitrogens with zero attached hydrogens (tertiary/aromatic N) is 2. The highest BCUT2D eigenvalue weighted by Crippen LogP contribution is 2.19. The van der Waals surface area contributed by atoms with E-state index in [1.807, 2.05) is 0 Å². The molecule has 0 spiro atoms. The van der Waals surface area contributed by atoms with E-state index in [4.69, 9.17) is 5.11 Å². The topological polar surface area (TPSA) is 63.1 Å². The van der Waals surface area contributed by atoms with E-state index >= 15 is 0 Å². The van der Waals surface area contributed by atoms with Crippen LogP contribution in [0.3, 0.4) is 0 Å². The molecule has 0 radical (unpaired) electrons. The Kier molecular flexibility index (Phi) is 1.51. The lowest BCUT2D eigenvalue weighted by molar-refractivity contribution is 0.0696. The van der Waals surface area contributed by atoms with Crippen LogP contribution in [0.4, 0.5) is 0 Å². The summed E-state index contributed by atoms with van der Waals surface area (Å²) < 4.78 is 0.801. The number of rotatable bonds is 1. The average Bonchev–Trinajstić information content (AvgIpc) is 2.46. The van der Waals surface area contributed by atoms with Crippen LogP contribution >= 0.6 is 11.3 Å². The molecular formula is C7H4N2O2S. The van der Waals surface area contributed by atoms with Crippen LogP contribution in [-0.4, -0.2) is 21.0 Å². The molecule has 2 heterocycles. The van der Waals surface area contributed by atoms with Gasteiger partial charge in [0.15, 0.2) is 0 Å². The monoisotopic (exact) mass is 180 g/mol. The summed E-state index contributed by atoms with van der Waals surface area (Å²) in [4.78, 5) is 18.3. The molecule has 4 nitrogen and oxygen atoms in total. The van der Waals surface area contributed by atoms with Gasteiger partial charge in [-0.2, -0.15) is 0 Å². The maximum Gasteiger partial charge on any atom is 0.365 e. The minimum absolute atomic E-state index is 0.109. The van der Waals surface area contributed by atoms with Crippen molar-refractivity contribution in [3.8, 4) is 0 Å². The first kappa shape index (κ1) is 7.17. The number of carbonyl (C=O) groups is 1. The highest BCUT2D eigenvalue weighted by molar-refractivity contribution is 7.20. The van der Waals surface area contributed by atoms with Gasteiger partial charge in [0.1, 0.15) is 0 Å². The second-order valence-corrected chi connectivity index (χ2v) is 3.20. The number of carboxylic acid groups (broad SMARTS) is 1. The van der Waals surface area contributed by atoms with Gasteiger partial charge in [0, 0.05) is 12.4 Å². The molecule has 0 aliphatic heterocycles. The number of pyridine rings is 1. The molecule has 2 aromatic rings. The van der Waals surface area contributed by atoms with Crippen molar-refractivity contribution in [2.75, 3.05) is 0 Å². The van der Waals surface area contributed by atoms with Crippen LogP contribution in [0.2, 0.25) is 0 Å². The second kappa shape index (κ2) is 2.53. The third-order valence-corrected chi connectivity index (χ3v) is 2.37. The van der Waals surface area contributed by atoms with Crippen molar-refractivity contribution < 1.29 is 9.90 Å². The van der Waals surface area contributed by atoms with Gasteiger partial charge in [-0.15, -0.1) is 11.3 Å². The van der Waals surface area contributed by atoms with E-state index in [1.165, 1.54) is 0 Å². The predicted molar refractivity (Wildman–Crippen MR) is 44.4 cm³/mol. The molecule has 0 unspecified atom stereocenters. The molecule has 1 N–H and O–H groups in total. The highest BCUT2D eigenvalue weighted by Gasteiger charge is 2.09. The van der Waals surface area contributed by atoms with Gasteiger partial charge in [0.2, 0.25) is 5.01 Å². The van der Waals surface area contributed by atoms with Crippen LogP contribution in [0.25, 0.3) is 10.2 Å². The lowest BCUT2D eigenvalue weighted by Gasteiger charge is -1.80. The van der Waals surface area contributed by atoms with Crippen LogP contribution in [0.15, 0.2) is 18.5 Å². The van der Waals surface area contributed by atoms with E-state index in [2.05, 4.69) is 9.97 Å². The Morgan fingerprint density at radius 1 is 1.58 bits per heavy atom. The molecule has 12 heavy (non-hydrogen) atoms. The van der Waals surface area contributed by atoms with E-state index in [0.29, 0.717) is 5.52 Å². The minimum atomic E-state index is -0.990. The maximum atomic E-state index is 10.5. The molecule has 0 aromatic carbocycles. The highest BCUT2D eigenvalue weighted by atomic mass is 32.1. The number of fused-ring (bicyclic) bond motifs is 1. The molecule has 0 saturated heterocycles. The molecule has 60 valence electrons. The molecule has 0 aliphatic rings. The SMILES string of the molecule is O=C(O)c1nc2ccncc2s1. The fourth-order valence-corrected chi connectivity index (χ4v) is 1.64. The summed E-state index contributed by atoms with van der Waals surface area (Å²) in [6, 6.07) is 1.69. The van der Waals surface area contributed by atoms with Crippen molar-refractivity contribution in [1.29, 1.82) is 0 Å². The normalized spacial score (nSPS) is 10.3. The summed E-state index contributed by atoms with van der Waals surface area (Å²) in [5.41, 5.74) is 0.687. The predicted octanol–water partition coefficient (Wildman–Crippen LogP) is 1.39. The van der Waals surface area contributed by atoms with Crippen molar-refractivity contribution in [3.05, 3.63) is 23.5 Å².